The molecule has 1 fully saturated rings. The fourth-order valence-electron chi connectivity index (χ4n) is 4.34. The van der Waals surface area contributed by atoms with Crippen LogP contribution in [-0.4, -0.2) is 61.5 Å². The Kier molecular flexibility index (Phi) is 7.80. The van der Waals surface area contributed by atoms with Gasteiger partial charge < -0.3 is 20.1 Å². The number of hydrogen-bond donors (Lipinski definition) is 1. The lowest BCUT2D eigenvalue weighted by Crippen LogP contribution is -2.49. The van der Waals surface area contributed by atoms with Crippen LogP contribution in [0.1, 0.15) is 27.5 Å². The first-order chi connectivity index (χ1) is 17.4. The number of methoxy groups -OCH3 is 1. The Hall–Kier alpha value is -3.98. The number of benzene rings is 3. The van der Waals surface area contributed by atoms with E-state index >= 15 is 0 Å². The topological polar surface area (TPSA) is 85.1 Å². The van der Waals surface area contributed by atoms with Crippen LogP contribution in [0.4, 0.5) is 8.78 Å². The van der Waals surface area contributed by atoms with Gasteiger partial charge in [-0.15, -0.1) is 0 Å². The minimum absolute atomic E-state index is 0.158. The average Bonchev–Trinajstić information content (AvgIpc) is 2.89. The monoisotopic (exact) mass is 495 g/mol. The van der Waals surface area contributed by atoms with Gasteiger partial charge in [0.2, 0.25) is 0 Å². The first kappa shape index (κ1) is 25.1. The van der Waals surface area contributed by atoms with Crippen molar-refractivity contribution in [2.24, 2.45) is 5.73 Å². The highest BCUT2D eigenvalue weighted by molar-refractivity contribution is 5.95. The smallest absolute Gasteiger partial charge is 0.255 e. The Morgan fingerprint density at radius 3 is 1.92 bits per heavy atom. The molecule has 1 heterocycles. The third-order valence-electron chi connectivity index (χ3n) is 6.12. The van der Waals surface area contributed by atoms with Gasteiger partial charge in [-0.05, 0) is 53.6 Å². The molecule has 3 aromatic carbocycles. The van der Waals surface area contributed by atoms with E-state index in [1.165, 1.54) is 31.4 Å². The van der Waals surface area contributed by atoms with Gasteiger partial charge in [-0.1, -0.05) is 24.3 Å². The van der Waals surface area contributed by atoms with Crippen molar-refractivity contribution >= 4 is 11.8 Å². The molecule has 36 heavy (non-hydrogen) atoms. The van der Waals surface area contributed by atoms with Crippen molar-refractivity contribution in [2.75, 3.05) is 39.9 Å². The summed E-state index contributed by atoms with van der Waals surface area (Å²) in [6.07, 6.45) is 0. The van der Waals surface area contributed by atoms with E-state index in [2.05, 4.69) is 4.90 Å². The minimum atomic E-state index is -0.616. The number of piperazine rings is 1. The van der Waals surface area contributed by atoms with Gasteiger partial charge in [-0.2, -0.15) is 0 Å². The number of ether oxygens (including phenoxy) is 2. The van der Waals surface area contributed by atoms with Crippen molar-refractivity contribution in [1.29, 1.82) is 0 Å². The minimum Gasteiger partial charge on any atom is -0.493 e. The zero-order valence-corrected chi connectivity index (χ0v) is 19.8. The maximum absolute atomic E-state index is 13.6. The molecular weight excluding hydrogens is 468 g/mol. The summed E-state index contributed by atoms with van der Waals surface area (Å²) in [6.45, 7) is 1.79. The quantitative estimate of drug-likeness (QED) is 0.518. The number of carbonyl (C=O) groups excluding carboxylic acids is 2. The normalized spacial score (nSPS) is 14.1. The average molecular weight is 496 g/mol. The standard InChI is InChI=1S/C27H27F2N3O4/c1-35-24-16-20(6-11-23(24)36-17-25(30)33)27(34)32-14-12-31(13-15-32)26(18-2-7-21(28)8-3-18)19-4-9-22(29)10-5-19/h2-11,16,26H,12-15,17H2,1H3,(H2,30,33). The third-order valence-corrected chi connectivity index (χ3v) is 6.12. The molecule has 2 amide bonds. The summed E-state index contributed by atoms with van der Waals surface area (Å²) in [6, 6.07) is 17.1. The van der Waals surface area contributed by atoms with Gasteiger partial charge in [-0.3, -0.25) is 14.5 Å². The molecule has 0 radical (unpaired) electrons. The number of rotatable bonds is 8. The molecule has 0 bridgehead atoms. The Labute approximate surface area is 208 Å². The molecule has 3 aromatic rings. The predicted octanol–water partition coefficient (Wildman–Crippen LogP) is 3.38. The lowest BCUT2D eigenvalue weighted by molar-refractivity contribution is -0.119. The Morgan fingerprint density at radius 2 is 1.42 bits per heavy atom. The van der Waals surface area contributed by atoms with Crippen LogP contribution < -0.4 is 15.2 Å². The maximum Gasteiger partial charge on any atom is 0.255 e. The van der Waals surface area contributed by atoms with Crippen molar-refractivity contribution in [2.45, 2.75) is 6.04 Å². The Balaban J connectivity index is 1.48. The third kappa shape index (κ3) is 5.80. The first-order valence-corrected chi connectivity index (χ1v) is 11.5. The second kappa shape index (κ2) is 11.2. The highest BCUT2D eigenvalue weighted by Crippen LogP contribution is 2.31. The largest absolute Gasteiger partial charge is 0.493 e. The first-order valence-electron chi connectivity index (χ1n) is 11.5. The molecule has 1 saturated heterocycles. The van der Waals surface area contributed by atoms with Gasteiger partial charge in [0.25, 0.3) is 11.8 Å². The number of nitrogens with zero attached hydrogens (tertiary/aromatic N) is 2. The molecule has 7 nitrogen and oxygen atoms in total. The van der Waals surface area contributed by atoms with Crippen molar-refractivity contribution < 1.29 is 27.8 Å². The Bertz CT molecular complexity index is 1170. The van der Waals surface area contributed by atoms with Gasteiger partial charge in [0.1, 0.15) is 11.6 Å². The van der Waals surface area contributed by atoms with Gasteiger partial charge in [0, 0.05) is 31.7 Å². The van der Waals surface area contributed by atoms with Crippen molar-refractivity contribution in [1.82, 2.24) is 9.80 Å². The second-order valence-corrected chi connectivity index (χ2v) is 8.45. The fraction of sp³-hybridized carbons (Fsp3) is 0.259. The van der Waals surface area contributed by atoms with E-state index in [1.807, 2.05) is 0 Å². The maximum atomic E-state index is 13.6. The predicted molar refractivity (Wildman–Crippen MR) is 130 cm³/mol. The van der Waals surface area contributed by atoms with Gasteiger partial charge in [0.05, 0.1) is 13.2 Å². The molecule has 0 atom stereocenters. The van der Waals surface area contributed by atoms with E-state index < -0.39 is 5.91 Å². The van der Waals surface area contributed by atoms with Crippen LogP contribution in [0.3, 0.4) is 0 Å². The van der Waals surface area contributed by atoms with E-state index in [0.717, 1.165) is 11.1 Å². The van der Waals surface area contributed by atoms with Gasteiger partial charge in [0.15, 0.2) is 18.1 Å². The van der Waals surface area contributed by atoms with Gasteiger partial charge >= 0.3 is 0 Å². The molecule has 0 unspecified atom stereocenters. The SMILES string of the molecule is COc1cc(C(=O)N2CCN(C(c3ccc(F)cc3)c3ccc(F)cc3)CC2)ccc1OCC(N)=O. The lowest BCUT2D eigenvalue weighted by Gasteiger charge is -2.40. The van der Waals surface area contributed by atoms with Crippen LogP contribution >= 0.6 is 0 Å². The summed E-state index contributed by atoms with van der Waals surface area (Å²) in [5.41, 5.74) is 7.33. The highest BCUT2D eigenvalue weighted by Gasteiger charge is 2.29. The van der Waals surface area contributed by atoms with Crippen LogP contribution in [0.25, 0.3) is 0 Å². The van der Waals surface area contributed by atoms with Crippen LogP contribution in [-0.2, 0) is 4.79 Å². The molecular formula is C27H27F2N3O4. The summed E-state index contributed by atoms with van der Waals surface area (Å²) in [5, 5.41) is 0. The van der Waals surface area contributed by atoms with Gasteiger partial charge in [-0.25, -0.2) is 8.78 Å². The van der Waals surface area contributed by atoms with E-state index in [0.29, 0.717) is 43.2 Å². The molecule has 0 aliphatic carbocycles. The van der Waals surface area contributed by atoms with E-state index in [-0.39, 0.29) is 30.2 Å². The van der Waals surface area contributed by atoms with Crippen LogP contribution in [0, 0.1) is 11.6 Å². The number of primary amides is 1. The Morgan fingerprint density at radius 1 is 0.861 bits per heavy atom. The summed E-state index contributed by atoms with van der Waals surface area (Å²) < 4.78 is 37.8. The van der Waals surface area contributed by atoms with Crippen LogP contribution in [0.15, 0.2) is 66.7 Å². The van der Waals surface area contributed by atoms with Crippen LogP contribution in [0.2, 0.25) is 0 Å². The summed E-state index contributed by atoms with van der Waals surface area (Å²) in [4.78, 5) is 28.1. The molecule has 9 heteroatoms. The number of nitrogens with two attached hydrogens (primary N) is 1. The zero-order chi connectivity index (χ0) is 25.7. The number of halogens is 2. The molecule has 0 saturated carbocycles. The number of carbonyl (C=O) groups is 2. The number of amides is 2. The summed E-state index contributed by atoms with van der Waals surface area (Å²) in [5.74, 6) is -0.779. The molecule has 0 spiro atoms. The summed E-state index contributed by atoms with van der Waals surface area (Å²) in [7, 11) is 1.45. The second-order valence-electron chi connectivity index (χ2n) is 8.45. The highest BCUT2D eigenvalue weighted by atomic mass is 19.1. The number of hydrogen-bond acceptors (Lipinski definition) is 5. The fourth-order valence-corrected chi connectivity index (χ4v) is 4.34. The molecule has 1 aliphatic heterocycles. The van der Waals surface area contributed by atoms with E-state index in [1.54, 1.807) is 47.4 Å². The van der Waals surface area contributed by atoms with Crippen molar-refractivity contribution in [3.05, 3.63) is 95.1 Å². The zero-order valence-electron chi connectivity index (χ0n) is 19.8. The van der Waals surface area contributed by atoms with Crippen LogP contribution in [0.5, 0.6) is 11.5 Å². The van der Waals surface area contributed by atoms with E-state index in [9.17, 15) is 18.4 Å². The molecule has 2 N–H and O–H groups in total. The molecule has 0 aromatic heterocycles. The molecule has 188 valence electrons. The van der Waals surface area contributed by atoms with Crippen molar-refractivity contribution in [3.8, 4) is 11.5 Å². The summed E-state index contributed by atoms with van der Waals surface area (Å²) >= 11 is 0. The molecule has 4 rings (SSSR count). The van der Waals surface area contributed by atoms with Crippen molar-refractivity contribution in [3.63, 3.8) is 0 Å². The van der Waals surface area contributed by atoms with E-state index in [4.69, 9.17) is 15.2 Å². The molecule has 1 aliphatic rings. The lowest BCUT2D eigenvalue weighted by atomic mass is 9.96.